The summed E-state index contributed by atoms with van der Waals surface area (Å²) in [6, 6.07) is 20.6. The molecule has 2 aromatic carbocycles. The largest absolute Gasteiger partial charge is 0.333 e. The summed E-state index contributed by atoms with van der Waals surface area (Å²) in [5, 5.41) is 21.2. The van der Waals surface area contributed by atoms with E-state index in [1.807, 2.05) is 36.4 Å². The lowest BCUT2D eigenvalue weighted by molar-refractivity contribution is 0.515. The Bertz CT molecular complexity index is 1220. The van der Waals surface area contributed by atoms with Gasteiger partial charge in [-0.05, 0) is 35.7 Å². The van der Waals surface area contributed by atoms with Gasteiger partial charge >= 0.3 is 0 Å². The highest BCUT2D eigenvalue weighted by Crippen LogP contribution is 2.13. The van der Waals surface area contributed by atoms with Crippen LogP contribution in [0.1, 0.15) is 64.2 Å². The summed E-state index contributed by atoms with van der Waals surface area (Å²) in [5.41, 5.74) is 1.27. The highest BCUT2D eigenvalue weighted by atomic mass is 79.9. The summed E-state index contributed by atoms with van der Waals surface area (Å²) >= 11 is 0. The van der Waals surface area contributed by atoms with Gasteiger partial charge in [0.2, 0.25) is 0 Å². The zero-order valence-corrected chi connectivity index (χ0v) is 22.4. The van der Waals surface area contributed by atoms with E-state index in [-0.39, 0.29) is 17.0 Å². The van der Waals surface area contributed by atoms with Gasteiger partial charge in [-0.1, -0.05) is 99.9 Å². The smallest absolute Gasteiger partial charge is 0.132 e. The van der Waals surface area contributed by atoms with Crippen LogP contribution in [-0.2, 0) is 13.1 Å². The van der Waals surface area contributed by atoms with Crippen molar-refractivity contribution in [3.63, 3.8) is 0 Å². The van der Waals surface area contributed by atoms with Crippen LogP contribution in [0.25, 0.3) is 21.5 Å². The second-order valence-corrected chi connectivity index (χ2v) is 9.43. The number of benzene rings is 2. The fraction of sp³-hybridized carbons (Fsp3) is 0.400. The van der Waals surface area contributed by atoms with Crippen LogP contribution in [0.15, 0.2) is 73.1 Å². The van der Waals surface area contributed by atoms with E-state index in [9.17, 15) is 0 Å². The maximum absolute atomic E-state index is 8.42. The number of pyridine rings is 2. The summed E-state index contributed by atoms with van der Waals surface area (Å²) in [7, 11) is 0. The minimum absolute atomic E-state index is 0. The van der Waals surface area contributed by atoms with Gasteiger partial charge in [0.25, 0.3) is 0 Å². The third-order valence-electron chi connectivity index (χ3n) is 6.92. The van der Waals surface area contributed by atoms with Crippen LogP contribution < -0.4 is 11.0 Å². The van der Waals surface area contributed by atoms with Crippen molar-refractivity contribution in [2.45, 2.75) is 77.3 Å². The predicted molar refractivity (Wildman–Crippen MR) is 152 cm³/mol. The predicted octanol–water partition coefficient (Wildman–Crippen LogP) is 7.73. The average Bonchev–Trinajstić information content (AvgIpc) is 2.87. The molecule has 2 aromatic heterocycles. The molecule has 2 N–H and O–H groups in total. The maximum atomic E-state index is 8.42. The third kappa shape index (κ3) is 7.41. The molecule has 4 nitrogen and oxygen atoms in total. The fourth-order valence-electron chi connectivity index (χ4n) is 4.87. The van der Waals surface area contributed by atoms with Crippen LogP contribution in [0.3, 0.4) is 0 Å². The molecule has 0 aliphatic heterocycles. The van der Waals surface area contributed by atoms with Crippen LogP contribution in [0.5, 0.6) is 0 Å². The van der Waals surface area contributed by atoms with Crippen LogP contribution >= 0.6 is 17.0 Å². The minimum atomic E-state index is 0. The maximum Gasteiger partial charge on any atom is 0.132 e. The zero-order valence-electron chi connectivity index (χ0n) is 20.7. The normalized spacial score (nSPS) is 11.1. The third-order valence-corrected chi connectivity index (χ3v) is 6.92. The van der Waals surface area contributed by atoms with E-state index < -0.39 is 0 Å². The SMILES string of the molecule is Br.N=c1c2ccccc2ccn1CCCCCCCCCCCCn1ccc2ccccc2c1=N. The number of hydrogen-bond donors (Lipinski definition) is 2. The standard InChI is InChI=1S/C30H38N4.BrH/c31-29-27-17-11-9-15-25(27)19-23-33(29)21-13-7-5-3-1-2-4-6-8-14-22-34-24-20-26-16-10-12-18-28(26)30(34)32;/h9-12,15-20,23-24,31-32H,1-8,13-14,21-22H2;1H. The van der Waals surface area contributed by atoms with Crippen LogP contribution in [0.2, 0.25) is 0 Å². The molecule has 0 saturated heterocycles. The number of unbranched alkanes of at least 4 members (excludes halogenated alkanes) is 9. The van der Waals surface area contributed by atoms with Crippen molar-refractivity contribution < 1.29 is 0 Å². The Morgan fingerprint density at radius 1 is 0.457 bits per heavy atom. The molecular formula is C30H39BrN4. The summed E-state index contributed by atoms with van der Waals surface area (Å²) < 4.78 is 4.17. The zero-order chi connectivity index (χ0) is 23.6. The molecule has 4 aromatic rings. The number of aryl methyl sites for hydroxylation is 2. The Hall–Kier alpha value is -2.66. The second-order valence-electron chi connectivity index (χ2n) is 9.43. The Morgan fingerprint density at radius 2 is 0.800 bits per heavy atom. The first-order chi connectivity index (χ1) is 16.7. The number of fused-ring (bicyclic) bond motifs is 2. The van der Waals surface area contributed by atoms with Gasteiger partial charge in [-0.15, -0.1) is 17.0 Å². The molecule has 0 spiro atoms. The first kappa shape index (κ1) is 26.9. The second kappa shape index (κ2) is 14.0. The summed E-state index contributed by atoms with van der Waals surface area (Å²) in [4.78, 5) is 0. The van der Waals surface area contributed by atoms with Crippen molar-refractivity contribution in [1.82, 2.24) is 9.13 Å². The van der Waals surface area contributed by atoms with Gasteiger partial charge in [0.1, 0.15) is 11.0 Å². The van der Waals surface area contributed by atoms with Crippen LogP contribution in [0.4, 0.5) is 0 Å². The van der Waals surface area contributed by atoms with Gasteiger partial charge in [0, 0.05) is 36.3 Å². The Labute approximate surface area is 219 Å². The van der Waals surface area contributed by atoms with E-state index in [1.54, 1.807) is 0 Å². The van der Waals surface area contributed by atoms with Gasteiger partial charge in [-0.2, -0.15) is 0 Å². The van der Waals surface area contributed by atoms with Crippen molar-refractivity contribution in [3.8, 4) is 0 Å². The molecule has 2 heterocycles. The first-order valence-corrected chi connectivity index (χ1v) is 13.0. The highest BCUT2D eigenvalue weighted by molar-refractivity contribution is 8.93. The lowest BCUT2D eigenvalue weighted by Gasteiger charge is -2.09. The molecule has 0 aliphatic rings. The van der Waals surface area contributed by atoms with Crippen molar-refractivity contribution in [2.24, 2.45) is 0 Å². The lowest BCUT2D eigenvalue weighted by atomic mass is 10.1. The molecule has 0 unspecified atom stereocenters. The monoisotopic (exact) mass is 534 g/mol. The Balaban J connectivity index is 0.00000342. The number of aromatic nitrogens is 2. The topological polar surface area (TPSA) is 57.6 Å². The van der Waals surface area contributed by atoms with Gasteiger partial charge in [-0.25, -0.2) is 0 Å². The molecule has 0 aliphatic carbocycles. The Morgan fingerprint density at radius 3 is 1.20 bits per heavy atom. The summed E-state index contributed by atoms with van der Waals surface area (Å²) in [6.45, 7) is 1.89. The summed E-state index contributed by atoms with van der Waals surface area (Å²) in [5.74, 6) is 0. The molecule has 5 heteroatoms. The number of nitrogens with one attached hydrogen (secondary N) is 2. The van der Waals surface area contributed by atoms with Crippen LogP contribution in [0, 0.1) is 10.8 Å². The number of nitrogens with zero attached hydrogens (tertiary/aromatic N) is 2. The molecular weight excluding hydrogens is 496 g/mol. The number of halogens is 1. The van der Waals surface area contributed by atoms with E-state index in [0.29, 0.717) is 11.0 Å². The van der Waals surface area contributed by atoms with E-state index in [0.717, 1.165) is 47.5 Å². The molecule has 35 heavy (non-hydrogen) atoms. The van der Waals surface area contributed by atoms with Gasteiger partial charge in [0.05, 0.1) is 0 Å². The van der Waals surface area contributed by atoms with Gasteiger partial charge < -0.3 is 9.13 Å². The average molecular weight is 536 g/mol. The molecule has 0 radical (unpaired) electrons. The first-order valence-electron chi connectivity index (χ1n) is 13.0. The molecule has 0 fully saturated rings. The molecule has 0 atom stereocenters. The quantitative estimate of drug-likeness (QED) is 0.165. The number of rotatable bonds is 13. The van der Waals surface area contributed by atoms with E-state index >= 15 is 0 Å². The van der Waals surface area contributed by atoms with Crippen LogP contribution in [-0.4, -0.2) is 9.13 Å². The Kier molecular flexibility index (Phi) is 10.8. The van der Waals surface area contributed by atoms with Gasteiger partial charge in [-0.3, -0.25) is 10.8 Å². The van der Waals surface area contributed by atoms with Crippen molar-refractivity contribution >= 4 is 38.5 Å². The van der Waals surface area contributed by atoms with Crippen molar-refractivity contribution in [1.29, 1.82) is 10.8 Å². The van der Waals surface area contributed by atoms with Crippen molar-refractivity contribution in [2.75, 3.05) is 0 Å². The highest BCUT2D eigenvalue weighted by Gasteiger charge is 2.01. The molecule has 186 valence electrons. The molecule has 4 rings (SSSR count). The molecule has 0 bridgehead atoms. The molecule has 0 saturated carbocycles. The van der Waals surface area contributed by atoms with E-state index in [1.165, 1.54) is 51.4 Å². The van der Waals surface area contributed by atoms with Crippen molar-refractivity contribution in [3.05, 3.63) is 84.0 Å². The minimum Gasteiger partial charge on any atom is -0.333 e. The van der Waals surface area contributed by atoms with E-state index in [4.69, 9.17) is 10.8 Å². The molecule has 0 amide bonds. The lowest BCUT2D eigenvalue weighted by Crippen LogP contribution is -2.19. The van der Waals surface area contributed by atoms with E-state index in [2.05, 4.69) is 45.8 Å². The van der Waals surface area contributed by atoms with Gasteiger partial charge in [0.15, 0.2) is 0 Å². The summed E-state index contributed by atoms with van der Waals surface area (Å²) in [6.07, 6.45) is 16.8. The number of hydrogen-bond acceptors (Lipinski definition) is 2. The fourth-order valence-corrected chi connectivity index (χ4v) is 4.87.